The smallest absolute Gasteiger partial charge is 0.166 e. The molecule has 0 unspecified atom stereocenters. The number of hydrogen-bond donors (Lipinski definition) is 0. The van der Waals surface area contributed by atoms with Crippen LogP contribution in [0.4, 0.5) is 13.2 Å². The highest BCUT2D eigenvalue weighted by Crippen LogP contribution is 2.21. The van der Waals surface area contributed by atoms with E-state index in [1.54, 1.807) is 37.4 Å². The zero-order valence-electron chi connectivity index (χ0n) is 18.3. The largest absolute Gasteiger partial charge is 0.384 e. The molecule has 33 heavy (non-hydrogen) atoms. The summed E-state index contributed by atoms with van der Waals surface area (Å²) in [6.07, 6.45) is 2.05. The first kappa shape index (κ1) is 22.6. The summed E-state index contributed by atoms with van der Waals surface area (Å²) in [6, 6.07) is 20.9. The van der Waals surface area contributed by atoms with Crippen molar-refractivity contribution in [1.29, 1.82) is 0 Å². The van der Waals surface area contributed by atoms with Gasteiger partial charge < -0.3 is 4.74 Å². The molecule has 0 heterocycles. The molecule has 0 saturated heterocycles. The Labute approximate surface area is 191 Å². The van der Waals surface area contributed by atoms with Crippen molar-refractivity contribution in [3.05, 3.63) is 118 Å². The Morgan fingerprint density at radius 2 is 1.39 bits per heavy atom. The van der Waals surface area contributed by atoms with Gasteiger partial charge in [-0.1, -0.05) is 48.2 Å². The number of fused-ring (bicyclic) bond motifs is 1. The van der Waals surface area contributed by atoms with Gasteiger partial charge in [-0.3, -0.25) is 0 Å². The maximum atomic E-state index is 14.3. The molecule has 0 bridgehead atoms. The summed E-state index contributed by atoms with van der Waals surface area (Å²) in [7, 11) is 1.64. The summed E-state index contributed by atoms with van der Waals surface area (Å²) in [5, 5.41) is 0.848. The third-order valence-electron chi connectivity index (χ3n) is 5.61. The average molecular weight is 444 g/mol. The van der Waals surface area contributed by atoms with E-state index >= 15 is 0 Å². The molecule has 4 aromatic rings. The Kier molecular flexibility index (Phi) is 7.12. The lowest BCUT2D eigenvalue weighted by Crippen LogP contribution is -1.99. The van der Waals surface area contributed by atoms with E-state index in [0.717, 1.165) is 34.7 Å². The zero-order chi connectivity index (χ0) is 23.2. The van der Waals surface area contributed by atoms with Gasteiger partial charge in [0.05, 0.1) is 6.61 Å². The standard InChI is InChI=1S/C29H23F3O/c1-33-17-16-23-9-12-24(28(31)19-23)11-8-21-4-2-20(3-5-21)6-7-22-10-14-26-25(18-22)13-15-27(30)29(26)32/h2-5,9-10,12-15,18-19H,8,11,16-17H2,1H3. The Morgan fingerprint density at radius 3 is 2.15 bits per heavy atom. The van der Waals surface area contributed by atoms with Gasteiger partial charge in [-0.15, -0.1) is 0 Å². The lowest BCUT2D eigenvalue weighted by Gasteiger charge is -2.07. The molecule has 0 atom stereocenters. The lowest BCUT2D eigenvalue weighted by molar-refractivity contribution is 0.202. The topological polar surface area (TPSA) is 9.23 Å². The van der Waals surface area contributed by atoms with Gasteiger partial charge in [0, 0.05) is 23.6 Å². The number of methoxy groups -OCH3 is 1. The maximum Gasteiger partial charge on any atom is 0.166 e. The normalized spacial score (nSPS) is 10.8. The molecule has 0 aliphatic carbocycles. The van der Waals surface area contributed by atoms with Gasteiger partial charge >= 0.3 is 0 Å². The van der Waals surface area contributed by atoms with Gasteiger partial charge in [0.15, 0.2) is 11.6 Å². The number of hydrogen-bond acceptors (Lipinski definition) is 1. The lowest BCUT2D eigenvalue weighted by atomic mass is 10.0. The Morgan fingerprint density at radius 1 is 0.667 bits per heavy atom. The van der Waals surface area contributed by atoms with Crippen LogP contribution in [0, 0.1) is 29.3 Å². The molecule has 0 spiro atoms. The Hall–Kier alpha value is -3.55. The zero-order valence-corrected chi connectivity index (χ0v) is 18.3. The molecule has 0 aliphatic heterocycles. The Bertz CT molecular complexity index is 1330. The fraction of sp³-hybridized carbons (Fsp3) is 0.172. The average Bonchev–Trinajstić information content (AvgIpc) is 2.84. The molecule has 0 fully saturated rings. The van der Waals surface area contributed by atoms with E-state index in [1.165, 1.54) is 0 Å². The first-order valence-electron chi connectivity index (χ1n) is 10.8. The Balaban J connectivity index is 1.40. The quantitative estimate of drug-likeness (QED) is 0.303. The van der Waals surface area contributed by atoms with Gasteiger partial charge in [0.25, 0.3) is 0 Å². The molecular formula is C29H23F3O. The second-order valence-electron chi connectivity index (χ2n) is 7.91. The monoisotopic (exact) mass is 444 g/mol. The predicted octanol–water partition coefficient (Wildman–Crippen LogP) is 6.63. The number of aryl methyl sites for hydroxylation is 2. The van der Waals surface area contributed by atoms with Crippen molar-refractivity contribution < 1.29 is 17.9 Å². The molecular weight excluding hydrogens is 421 g/mol. The minimum absolute atomic E-state index is 0.177. The van der Waals surface area contributed by atoms with Crippen molar-refractivity contribution in [2.45, 2.75) is 19.3 Å². The second kappa shape index (κ2) is 10.4. The van der Waals surface area contributed by atoms with Crippen LogP contribution in [0.2, 0.25) is 0 Å². The summed E-state index contributed by atoms with van der Waals surface area (Å²) >= 11 is 0. The van der Waals surface area contributed by atoms with Crippen LogP contribution in [-0.4, -0.2) is 13.7 Å². The van der Waals surface area contributed by atoms with Crippen LogP contribution in [-0.2, 0) is 24.0 Å². The van der Waals surface area contributed by atoms with Crippen LogP contribution in [0.15, 0.2) is 72.8 Å². The van der Waals surface area contributed by atoms with Gasteiger partial charge in [-0.2, -0.15) is 0 Å². The summed E-state index contributed by atoms with van der Waals surface area (Å²) in [5.74, 6) is 4.29. The summed E-state index contributed by atoms with van der Waals surface area (Å²) in [6.45, 7) is 0.577. The molecule has 4 heteroatoms. The molecule has 0 aromatic heterocycles. The number of rotatable bonds is 6. The second-order valence-corrected chi connectivity index (χ2v) is 7.91. The van der Waals surface area contributed by atoms with Crippen LogP contribution in [0.1, 0.15) is 27.8 Å². The molecule has 1 nitrogen and oxygen atoms in total. The minimum atomic E-state index is -0.858. The third kappa shape index (κ3) is 5.63. The van der Waals surface area contributed by atoms with Crippen molar-refractivity contribution >= 4 is 10.8 Å². The van der Waals surface area contributed by atoms with E-state index in [4.69, 9.17) is 4.74 Å². The minimum Gasteiger partial charge on any atom is -0.384 e. The van der Waals surface area contributed by atoms with E-state index in [0.29, 0.717) is 30.4 Å². The first-order valence-corrected chi connectivity index (χ1v) is 10.8. The molecule has 0 radical (unpaired) electrons. The van der Waals surface area contributed by atoms with Crippen LogP contribution >= 0.6 is 0 Å². The van der Waals surface area contributed by atoms with Crippen molar-refractivity contribution in [3.8, 4) is 11.8 Å². The van der Waals surface area contributed by atoms with Crippen molar-refractivity contribution in [2.75, 3.05) is 13.7 Å². The highest BCUT2D eigenvalue weighted by molar-refractivity contribution is 5.84. The molecule has 4 aromatic carbocycles. The molecule has 0 amide bonds. The van der Waals surface area contributed by atoms with Crippen LogP contribution in [0.3, 0.4) is 0 Å². The van der Waals surface area contributed by atoms with Crippen molar-refractivity contribution in [2.24, 2.45) is 0 Å². The SMILES string of the molecule is COCCc1ccc(CCc2ccc(C#Cc3ccc4c(F)c(F)ccc4c3)cc2)c(F)c1. The highest BCUT2D eigenvalue weighted by Gasteiger charge is 2.07. The van der Waals surface area contributed by atoms with Gasteiger partial charge in [-0.25, -0.2) is 13.2 Å². The fourth-order valence-electron chi connectivity index (χ4n) is 3.69. The summed E-state index contributed by atoms with van der Waals surface area (Å²) in [4.78, 5) is 0. The summed E-state index contributed by atoms with van der Waals surface area (Å²) in [5.41, 5.74) is 4.31. The van der Waals surface area contributed by atoms with Crippen LogP contribution in [0.5, 0.6) is 0 Å². The van der Waals surface area contributed by atoms with Crippen molar-refractivity contribution in [3.63, 3.8) is 0 Å². The molecule has 166 valence electrons. The number of halogens is 3. The number of ether oxygens (including phenoxy) is 1. The maximum absolute atomic E-state index is 14.3. The molecule has 0 saturated carbocycles. The molecule has 0 aliphatic rings. The van der Waals surface area contributed by atoms with Crippen molar-refractivity contribution in [1.82, 2.24) is 0 Å². The fourth-order valence-corrected chi connectivity index (χ4v) is 3.69. The van der Waals surface area contributed by atoms with E-state index in [2.05, 4.69) is 11.8 Å². The highest BCUT2D eigenvalue weighted by atomic mass is 19.2. The van der Waals surface area contributed by atoms with E-state index in [1.807, 2.05) is 36.4 Å². The third-order valence-corrected chi connectivity index (χ3v) is 5.61. The first-order chi connectivity index (χ1) is 16.0. The van der Waals surface area contributed by atoms with E-state index < -0.39 is 11.6 Å². The summed E-state index contributed by atoms with van der Waals surface area (Å²) < 4.78 is 46.6. The van der Waals surface area contributed by atoms with Crippen LogP contribution < -0.4 is 0 Å². The van der Waals surface area contributed by atoms with Gasteiger partial charge in [0.1, 0.15) is 5.82 Å². The van der Waals surface area contributed by atoms with Gasteiger partial charge in [0.2, 0.25) is 0 Å². The van der Waals surface area contributed by atoms with E-state index in [9.17, 15) is 13.2 Å². The van der Waals surface area contributed by atoms with Crippen LogP contribution in [0.25, 0.3) is 10.8 Å². The predicted molar refractivity (Wildman–Crippen MR) is 126 cm³/mol. The van der Waals surface area contributed by atoms with E-state index in [-0.39, 0.29) is 11.2 Å². The van der Waals surface area contributed by atoms with Gasteiger partial charge in [-0.05, 0) is 77.7 Å². The number of benzene rings is 4. The molecule has 4 rings (SSSR count). The molecule has 0 N–H and O–H groups in total.